The molecule has 1 aromatic heterocycles. The molecule has 6 aromatic rings. The van der Waals surface area contributed by atoms with Gasteiger partial charge in [0.1, 0.15) is 0 Å². The maximum absolute atomic E-state index is 9.50. The van der Waals surface area contributed by atoms with Gasteiger partial charge in [0.25, 0.3) is 0 Å². The topological polar surface area (TPSA) is 49.1 Å². The summed E-state index contributed by atoms with van der Waals surface area (Å²) in [7, 11) is 0. The fourth-order valence-electron chi connectivity index (χ4n) is 10.2. The van der Waals surface area contributed by atoms with Gasteiger partial charge in [-0.25, -0.2) is 0 Å². The molecule has 1 spiro atoms. The summed E-state index contributed by atoms with van der Waals surface area (Å²) in [6.07, 6.45) is 28.5. The lowest BCUT2D eigenvalue weighted by Crippen LogP contribution is -2.32. The number of para-hydroxylation sites is 1. The maximum Gasteiger partial charge on any atom is 0.0804 e. The first-order valence-corrected chi connectivity index (χ1v) is 22.2. The molecule has 3 nitrogen and oxygen atoms in total. The molecule has 1 N–H and O–H groups in total. The van der Waals surface area contributed by atoms with E-state index in [0.717, 1.165) is 71.7 Å². The van der Waals surface area contributed by atoms with Crippen molar-refractivity contribution in [1.82, 2.24) is 4.98 Å². The van der Waals surface area contributed by atoms with E-state index in [1.807, 2.05) is 30.2 Å². The number of hydrogen-bond acceptors (Lipinski definition) is 4. The number of nitrogens with one attached hydrogen (secondary N) is 1. The largest absolute Gasteiger partial charge is 0.305 e. The molecule has 4 aliphatic carbocycles. The second kappa shape index (κ2) is 15.3. The summed E-state index contributed by atoms with van der Waals surface area (Å²) in [4.78, 5) is 12.6. The van der Waals surface area contributed by atoms with Gasteiger partial charge < -0.3 is 5.41 Å². The first-order valence-electron chi connectivity index (χ1n) is 21.4. The summed E-state index contributed by atoms with van der Waals surface area (Å²) in [5, 5.41) is 10.6. The van der Waals surface area contributed by atoms with Crippen molar-refractivity contribution in [3.63, 3.8) is 0 Å². The van der Waals surface area contributed by atoms with E-state index in [-0.39, 0.29) is 6.04 Å². The van der Waals surface area contributed by atoms with Crippen LogP contribution in [0.5, 0.6) is 0 Å². The standard InChI is InChI=1S/C56H45N3S/c57-51(40-26-24-39(25-27-40)38-15-5-2-6-16-38)35-52(59-36-37-13-3-1-4-14-37)43-29-31-50-54(34-43)60-53-33-42(44-21-11-17-41-18-12-32-58-55(41)44)28-30-49(53)56(50)47-22-9-7-19-45(47)46-20-8-10-23-48(46)56/h2-3,5,7-15,17-24,26,28-34,36,52,57H,1,4,6,16,25,27,35H2. The summed E-state index contributed by atoms with van der Waals surface area (Å²) >= 11 is 1.87. The maximum atomic E-state index is 9.50. The molecule has 1 aliphatic heterocycles. The van der Waals surface area contributed by atoms with Crippen molar-refractivity contribution < 1.29 is 0 Å². The van der Waals surface area contributed by atoms with Crippen LogP contribution in [-0.4, -0.2) is 16.9 Å². The molecule has 11 rings (SSSR count). The Labute approximate surface area is 356 Å². The van der Waals surface area contributed by atoms with Gasteiger partial charge in [0.2, 0.25) is 0 Å². The van der Waals surface area contributed by atoms with E-state index in [1.165, 1.54) is 59.9 Å². The minimum absolute atomic E-state index is 0.203. The van der Waals surface area contributed by atoms with Crippen molar-refractivity contribution in [1.29, 1.82) is 5.41 Å². The predicted molar refractivity (Wildman–Crippen MR) is 250 cm³/mol. The molecule has 290 valence electrons. The van der Waals surface area contributed by atoms with Crippen molar-refractivity contribution >= 4 is 34.6 Å². The second-order valence-corrected chi connectivity index (χ2v) is 17.6. The molecule has 60 heavy (non-hydrogen) atoms. The Hall–Kier alpha value is -6.36. The number of hydrogen-bond donors (Lipinski definition) is 1. The van der Waals surface area contributed by atoms with Crippen LogP contribution in [0.1, 0.15) is 78.8 Å². The summed E-state index contributed by atoms with van der Waals surface area (Å²) in [6, 6.07) is 42.6. The number of aromatic nitrogens is 1. The zero-order valence-electron chi connectivity index (χ0n) is 33.6. The highest BCUT2D eigenvalue weighted by Gasteiger charge is 2.50. The highest BCUT2D eigenvalue weighted by Crippen LogP contribution is 2.62. The molecule has 2 heterocycles. The first kappa shape index (κ1) is 36.7. The van der Waals surface area contributed by atoms with Crippen LogP contribution in [0, 0.1) is 5.41 Å². The molecule has 0 amide bonds. The van der Waals surface area contributed by atoms with Crippen LogP contribution in [0.4, 0.5) is 0 Å². The summed E-state index contributed by atoms with van der Waals surface area (Å²) in [5.74, 6) is 0. The third-order valence-electron chi connectivity index (χ3n) is 13.1. The van der Waals surface area contributed by atoms with Crippen molar-refractivity contribution in [3.8, 4) is 22.3 Å². The first-order chi connectivity index (χ1) is 29.6. The van der Waals surface area contributed by atoms with Gasteiger partial charge in [0.05, 0.1) is 17.0 Å². The molecular formula is C56H45N3S. The van der Waals surface area contributed by atoms with E-state index in [0.29, 0.717) is 12.1 Å². The van der Waals surface area contributed by atoms with Crippen LogP contribution in [0.3, 0.4) is 0 Å². The second-order valence-electron chi connectivity index (χ2n) is 16.5. The van der Waals surface area contributed by atoms with E-state index < -0.39 is 5.41 Å². The van der Waals surface area contributed by atoms with Gasteiger partial charge in [-0.3, -0.25) is 9.98 Å². The van der Waals surface area contributed by atoms with Crippen LogP contribution in [0.2, 0.25) is 0 Å². The molecule has 0 bridgehead atoms. The van der Waals surface area contributed by atoms with Gasteiger partial charge >= 0.3 is 0 Å². The van der Waals surface area contributed by atoms with Gasteiger partial charge in [-0.2, -0.15) is 0 Å². The number of pyridine rings is 1. The lowest BCUT2D eigenvalue weighted by molar-refractivity contribution is 0.712. The van der Waals surface area contributed by atoms with E-state index in [9.17, 15) is 5.41 Å². The SMILES string of the molecule is N=C(CC(N=CC1=CCCC=C1)c1ccc2c(c1)Sc1cc(-c3cccc4cccnc34)ccc1C21c2ccccc2-c2ccccc21)C1=CC=C(C2=CC=CCC2)CC1. The van der Waals surface area contributed by atoms with Gasteiger partial charge in [0, 0.05) is 45.3 Å². The lowest BCUT2D eigenvalue weighted by atomic mass is 9.67. The van der Waals surface area contributed by atoms with Gasteiger partial charge in [-0.15, -0.1) is 0 Å². The lowest BCUT2D eigenvalue weighted by Gasteiger charge is -2.40. The van der Waals surface area contributed by atoms with Crippen LogP contribution in [-0.2, 0) is 5.41 Å². The van der Waals surface area contributed by atoms with Crippen LogP contribution < -0.4 is 0 Å². The third kappa shape index (κ3) is 6.24. The molecular weight excluding hydrogens is 747 g/mol. The Morgan fingerprint density at radius 3 is 2.23 bits per heavy atom. The zero-order chi connectivity index (χ0) is 40.0. The van der Waals surface area contributed by atoms with Gasteiger partial charge in [-0.1, -0.05) is 157 Å². The van der Waals surface area contributed by atoms with E-state index in [4.69, 9.17) is 9.98 Å². The van der Waals surface area contributed by atoms with E-state index >= 15 is 0 Å². The fourth-order valence-corrected chi connectivity index (χ4v) is 11.4. The molecule has 5 aliphatic rings. The van der Waals surface area contributed by atoms with Gasteiger partial charge in [0.15, 0.2) is 0 Å². The molecule has 1 atom stereocenters. The minimum atomic E-state index is -0.485. The molecule has 4 heteroatoms. The molecule has 0 fully saturated rings. The smallest absolute Gasteiger partial charge is 0.0804 e. The fraction of sp³-hybridized carbons (Fsp3) is 0.161. The van der Waals surface area contributed by atoms with E-state index in [2.05, 4.69) is 158 Å². The Balaban J connectivity index is 1.04. The van der Waals surface area contributed by atoms with Crippen molar-refractivity contribution in [2.24, 2.45) is 4.99 Å². The van der Waals surface area contributed by atoms with Gasteiger partial charge in [-0.05, 0) is 124 Å². The number of nitrogens with zero attached hydrogens (tertiary/aromatic N) is 2. The monoisotopic (exact) mass is 791 g/mol. The third-order valence-corrected chi connectivity index (χ3v) is 14.2. The normalized spacial score (nSPS) is 17.6. The summed E-state index contributed by atoms with van der Waals surface area (Å²) < 4.78 is 0. The number of fused-ring (bicyclic) bond motifs is 10. The Morgan fingerprint density at radius 1 is 0.700 bits per heavy atom. The Morgan fingerprint density at radius 2 is 1.47 bits per heavy atom. The van der Waals surface area contributed by atoms with Crippen molar-refractivity contribution in [3.05, 3.63) is 220 Å². The summed E-state index contributed by atoms with van der Waals surface area (Å²) in [5.41, 5.74) is 17.6. The Bertz CT molecular complexity index is 2920. The predicted octanol–water partition coefficient (Wildman–Crippen LogP) is 14.5. The molecule has 5 aromatic carbocycles. The van der Waals surface area contributed by atoms with Crippen molar-refractivity contribution in [2.75, 3.05) is 0 Å². The number of benzene rings is 5. The van der Waals surface area contributed by atoms with Crippen molar-refractivity contribution in [2.45, 2.75) is 66.2 Å². The highest BCUT2D eigenvalue weighted by molar-refractivity contribution is 7.99. The number of aliphatic imine (C=N–C) groups is 1. The molecule has 1 unspecified atom stereocenters. The van der Waals surface area contributed by atoms with Crippen LogP contribution in [0.25, 0.3) is 33.2 Å². The van der Waals surface area contributed by atoms with E-state index in [1.54, 1.807) is 0 Å². The zero-order valence-corrected chi connectivity index (χ0v) is 34.4. The Kier molecular flexibility index (Phi) is 9.39. The van der Waals surface area contributed by atoms with Crippen LogP contribution >= 0.6 is 11.8 Å². The minimum Gasteiger partial charge on any atom is -0.305 e. The van der Waals surface area contributed by atoms with Crippen LogP contribution in [0.15, 0.2) is 207 Å². The number of rotatable bonds is 8. The molecule has 0 saturated carbocycles. The average molecular weight is 792 g/mol. The quantitative estimate of drug-likeness (QED) is 0.156. The molecule has 0 saturated heterocycles. The summed E-state index contributed by atoms with van der Waals surface area (Å²) in [6.45, 7) is 0. The number of allylic oxidation sites excluding steroid dienone is 12. The average Bonchev–Trinajstić information content (AvgIpc) is 3.61. The molecule has 0 radical (unpaired) electrons. The highest BCUT2D eigenvalue weighted by atomic mass is 32.2.